The predicted octanol–water partition coefficient (Wildman–Crippen LogP) is 1.15. The van der Waals surface area contributed by atoms with Crippen LogP contribution >= 0.6 is 11.8 Å². The second-order valence-electron chi connectivity index (χ2n) is 6.15. The fourth-order valence-corrected chi connectivity index (χ4v) is 5.29. The molecule has 0 aliphatic carbocycles. The molecule has 26 heavy (non-hydrogen) atoms. The Labute approximate surface area is 156 Å². The van der Waals surface area contributed by atoms with Crippen molar-refractivity contribution in [3.8, 4) is 11.4 Å². The third kappa shape index (κ3) is 4.61. The van der Waals surface area contributed by atoms with Crippen molar-refractivity contribution in [2.45, 2.75) is 37.5 Å². The summed E-state index contributed by atoms with van der Waals surface area (Å²) in [5.74, 6) is 0.911. The van der Waals surface area contributed by atoms with Gasteiger partial charge in [0, 0.05) is 30.5 Å². The van der Waals surface area contributed by atoms with Crippen molar-refractivity contribution in [1.82, 2.24) is 25.1 Å². The molecule has 10 heteroatoms. The van der Waals surface area contributed by atoms with Crippen LogP contribution in [0.5, 0.6) is 0 Å². The average Bonchev–Trinajstić information content (AvgIpc) is 3.17. The molecule has 2 aromatic heterocycles. The van der Waals surface area contributed by atoms with Crippen molar-refractivity contribution in [2.75, 3.05) is 17.3 Å². The van der Waals surface area contributed by atoms with Gasteiger partial charge in [0.05, 0.1) is 17.3 Å². The number of carbonyl (C=O) groups is 1. The third-order valence-corrected chi connectivity index (χ3v) is 6.77. The summed E-state index contributed by atoms with van der Waals surface area (Å²) in [4.78, 5) is 16.2. The highest BCUT2D eigenvalue weighted by molar-refractivity contribution is 7.99. The zero-order valence-electron chi connectivity index (χ0n) is 14.5. The number of thioether (sulfide) groups is 1. The Hall–Kier alpha value is -1.94. The number of amides is 1. The second kappa shape index (κ2) is 8.17. The second-order valence-corrected chi connectivity index (χ2v) is 9.32. The summed E-state index contributed by atoms with van der Waals surface area (Å²) in [6, 6.07) is 3.46. The van der Waals surface area contributed by atoms with E-state index in [1.165, 1.54) is 11.8 Å². The van der Waals surface area contributed by atoms with Crippen LogP contribution in [0.15, 0.2) is 29.7 Å². The molecule has 1 atom stereocenters. The highest BCUT2D eigenvalue weighted by atomic mass is 32.2. The lowest BCUT2D eigenvalue weighted by atomic mass is 10.2. The molecular weight excluding hydrogens is 374 g/mol. The van der Waals surface area contributed by atoms with Crippen molar-refractivity contribution < 1.29 is 13.2 Å². The number of carbonyl (C=O) groups excluding carboxylic acids is 1. The van der Waals surface area contributed by atoms with E-state index in [1.54, 1.807) is 12.4 Å². The number of nitrogens with one attached hydrogen (secondary N) is 1. The zero-order chi connectivity index (χ0) is 18.6. The Morgan fingerprint density at radius 3 is 2.77 bits per heavy atom. The molecule has 0 spiro atoms. The number of sulfone groups is 1. The van der Waals surface area contributed by atoms with Gasteiger partial charge in [-0.3, -0.25) is 9.78 Å². The van der Waals surface area contributed by atoms with Gasteiger partial charge in [0.2, 0.25) is 5.91 Å². The normalized spacial score (nSPS) is 18.7. The van der Waals surface area contributed by atoms with Gasteiger partial charge in [-0.1, -0.05) is 18.7 Å². The van der Waals surface area contributed by atoms with E-state index in [-0.39, 0.29) is 29.2 Å². The van der Waals surface area contributed by atoms with E-state index in [0.717, 1.165) is 24.4 Å². The number of pyridine rings is 1. The lowest BCUT2D eigenvalue weighted by molar-refractivity contribution is -0.119. The van der Waals surface area contributed by atoms with E-state index in [1.807, 2.05) is 16.7 Å². The Bertz CT molecular complexity index is 867. The minimum absolute atomic E-state index is 0.0294. The SMILES string of the molecule is CCCn1c(SCC(=O)N[C@@H]2CCS(=O)(=O)C2)nnc1-c1ccncc1. The van der Waals surface area contributed by atoms with Gasteiger partial charge < -0.3 is 9.88 Å². The lowest BCUT2D eigenvalue weighted by Gasteiger charge is -2.11. The van der Waals surface area contributed by atoms with Gasteiger partial charge in [0.15, 0.2) is 20.8 Å². The molecule has 1 N–H and O–H groups in total. The number of aromatic nitrogens is 4. The van der Waals surface area contributed by atoms with E-state index in [0.29, 0.717) is 11.6 Å². The van der Waals surface area contributed by atoms with Crippen molar-refractivity contribution in [3.05, 3.63) is 24.5 Å². The molecular formula is C16H21N5O3S2. The van der Waals surface area contributed by atoms with Crippen LogP contribution in [0, 0.1) is 0 Å². The molecule has 0 unspecified atom stereocenters. The zero-order valence-corrected chi connectivity index (χ0v) is 16.1. The first kappa shape index (κ1) is 18.8. The molecule has 140 valence electrons. The molecule has 1 aliphatic rings. The summed E-state index contributed by atoms with van der Waals surface area (Å²) >= 11 is 1.31. The molecule has 0 radical (unpaired) electrons. The van der Waals surface area contributed by atoms with Crippen LogP contribution < -0.4 is 5.32 Å². The van der Waals surface area contributed by atoms with E-state index in [9.17, 15) is 13.2 Å². The Balaban J connectivity index is 1.64. The molecule has 2 aromatic rings. The quantitative estimate of drug-likeness (QED) is 0.701. The van der Waals surface area contributed by atoms with Crippen molar-refractivity contribution >= 4 is 27.5 Å². The van der Waals surface area contributed by atoms with Gasteiger partial charge in [-0.05, 0) is 25.0 Å². The van der Waals surface area contributed by atoms with Crippen molar-refractivity contribution in [2.24, 2.45) is 0 Å². The summed E-state index contributed by atoms with van der Waals surface area (Å²) < 4.78 is 24.9. The Kier molecular flexibility index (Phi) is 5.92. The Morgan fingerprint density at radius 2 is 2.12 bits per heavy atom. The number of rotatable bonds is 7. The Morgan fingerprint density at radius 1 is 1.35 bits per heavy atom. The van der Waals surface area contributed by atoms with Crippen LogP contribution in [0.3, 0.4) is 0 Å². The molecule has 3 rings (SSSR count). The molecule has 8 nitrogen and oxygen atoms in total. The smallest absolute Gasteiger partial charge is 0.230 e. The first-order chi connectivity index (χ1) is 12.5. The largest absolute Gasteiger partial charge is 0.352 e. The van der Waals surface area contributed by atoms with Gasteiger partial charge in [0.25, 0.3) is 0 Å². The molecule has 1 fully saturated rings. The first-order valence-corrected chi connectivity index (χ1v) is 11.3. The predicted molar refractivity (Wildman–Crippen MR) is 99.5 cm³/mol. The van der Waals surface area contributed by atoms with Crippen LogP contribution in [-0.4, -0.2) is 57.4 Å². The molecule has 3 heterocycles. The standard InChI is InChI=1S/C16H21N5O3S2/c1-2-8-21-15(12-3-6-17-7-4-12)19-20-16(21)25-10-14(22)18-13-5-9-26(23,24)11-13/h3-4,6-7,13H,2,5,8-11H2,1H3,(H,18,22)/t13-/m1/s1. The van der Waals surface area contributed by atoms with E-state index in [4.69, 9.17) is 0 Å². The van der Waals surface area contributed by atoms with Crippen molar-refractivity contribution in [1.29, 1.82) is 0 Å². The maximum absolute atomic E-state index is 12.1. The highest BCUT2D eigenvalue weighted by Gasteiger charge is 2.29. The van der Waals surface area contributed by atoms with E-state index in [2.05, 4.69) is 27.4 Å². The maximum Gasteiger partial charge on any atom is 0.230 e. The first-order valence-electron chi connectivity index (χ1n) is 8.44. The molecule has 0 aromatic carbocycles. The number of hydrogen-bond donors (Lipinski definition) is 1. The van der Waals surface area contributed by atoms with Gasteiger partial charge in [-0.2, -0.15) is 0 Å². The van der Waals surface area contributed by atoms with Crippen LogP contribution in [0.4, 0.5) is 0 Å². The third-order valence-electron chi connectivity index (χ3n) is 4.03. The van der Waals surface area contributed by atoms with Gasteiger partial charge in [0.1, 0.15) is 0 Å². The number of nitrogens with zero attached hydrogens (tertiary/aromatic N) is 4. The minimum atomic E-state index is -3.00. The van der Waals surface area contributed by atoms with Crippen LogP contribution in [-0.2, 0) is 21.2 Å². The maximum atomic E-state index is 12.1. The summed E-state index contributed by atoms with van der Waals surface area (Å²) in [6.07, 6.45) is 4.80. The average molecular weight is 396 g/mol. The van der Waals surface area contributed by atoms with Crippen LogP contribution in [0.25, 0.3) is 11.4 Å². The minimum Gasteiger partial charge on any atom is -0.352 e. The molecule has 0 saturated carbocycles. The molecule has 1 amide bonds. The topological polar surface area (TPSA) is 107 Å². The van der Waals surface area contributed by atoms with Gasteiger partial charge in [-0.25, -0.2) is 8.42 Å². The van der Waals surface area contributed by atoms with Crippen molar-refractivity contribution in [3.63, 3.8) is 0 Å². The summed E-state index contributed by atoms with van der Waals surface area (Å²) in [5.41, 5.74) is 0.924. The van der Waals surface area contributed by atoms with Crippen LogP contribution in [0.1, 0.15) is 19.8 Å². The molecule has 1 saturated heterocycles. The summed E-state index contributed by atoms with van der Waals surface area (Å²) in [5, 5.41) is 11.9. The summed E-state index contributed by atoms with van der Waals surface area (Å²) in [7, 11) is -3.00. The number of hydrogen-bond acceptors (Lipinski definition) is 7. The highest BCUT2D eigenvalue weighted by Crippen LogP contribution is 2.24. The van der Waals surface area contributed by atoms with E-state index >= 15 is 0 Å². The molecule has 1 aliphatic heterocycles. The van der Waals surface area contributed by atoms with E-state index < -0.39 is 9.84 Å². The summed E-state index contributed by atoms with van der Waals surface area (Å²) in [6.45, 7) is 2.81. The van der Waals surface area contributed by atoms with Gasteiger partial charge in [-0.15, -0.1) is 10.2 Å². The lowest BCUT2D eigenvalue weighted by Crippen LogP contribution is -2.36. The fraction of sp³-hybridized carbons (Fsp3) is 0.500. The van der Waals surface area contributed by atoms with Gasteiger partial charge >= 0.3 is 0 Å². The van der Waals surface area contributed by atoms with Crippen LogP contribution in [0.2, 0.25) is 0 Å². The molecule has 0 bridgehead atoms. The fourth-order valence-electron chi connectivity index (χ4n) is 2.84. The monoisotopic (exact) mass is 395 g/mol.